The third-order valence-corrected chi connectivity index (χ3v) is 4.29. The van der Waals surface area contributed by atoms with Crippen LogP contribution in [0.25, 0.3) is 0 Å². The molecule has 3 N–H and O–H groups in total. The standard InChI is InChI=1S/C12H19FN2O2S/c1-9(5-6-14)8-15-18(16,17)12-7-11(13)4-3-10(12)2/h3-4,7,9,15H,5-6,8,14H2,1-2H3. The second-order valence-corrected chi connectivity index (χ2v) is 6.18. The molecule has 0 aromatic heterocycles. The molecule has 1 atom stereocenters. The minimum Gasteiger partial charge on any atom is -0.330 e. The van der Waals surface area contributed by atoms with E-state index >= 15 is 0 Å². The van der Waals surface area contributed by atoms with Crippen LogP contribution in [0.1, 0.15) is 18.9 Å². The van der Waals surface area contributed by atoms with Gasteiger partial charge in [0.1, 0.15) is 5.82 Å². The highest BCUT2D eigenvalue weighted by Crippen LogP contribution is 2.16. The maximum Gasteiger partial charge on any atom is 0.240 e. The second kappa shape index (κ2) is 6.26. The first-order chi connectivity index (χ1) is 8.36. The Labute approximate surface area is 107 Å². The highest BCUT2D eigenvalue weighted by Gasteiger charge is 2.18. The molecule has 6 heteroatoms. The molecule has 0 spiro atoms. The molecule has 0 heterocycles. The van der Waals surface area contributed by atoms with Gasteiger partial charge in [0, 0.05) is 6.54 Å². The van der Waals surface area contributed by atoms with Crippen molar-refractivity contribution in [3.63, 3.8) is 0 Å². The third kappa shape index (κ3) is 4.04. The maximum atomic E-state index is 13.1. The summed E-state index contributed by atoms with van der Waals surface area (Å²) in [5, 5.41) is 0. The fourth-order valence-electron chi connectivity index (χ4n) is 1.58. The number of rotatable bonds is 6. The highest BCUT2D eigenvalue weighted by atomic mass is 32.2. The van der Waals surface area contributed by atoms with Gasteiger partial charge in [-0.25, -0.2) is 17.5 Å². The fourth-order valence-corrected chi connectivity index (χ4v) is 3.00. The van der Waals surface area contributed by atoms with Crippen LogP contribution in [0.2, 0.25) is 0 Å². The second-order valence-electron chi connectivity index (χ2n) is 4.44. The Bertz CT molecular complexity index is 503. The van der Waals surface area contributed by atoms with Crippen molar-refractivity contribution in [3.05, 3.63) is 29.6 Å². The lowest BCUT2D eigenvalue weighted by Gasteiger charge is -2.13. The Kier molecular flexibility index (Phi) is 5.25. The van der Waals surface area contributed by atoms with Gasteiger partial charge in [-0.05, 0) is 43.5 Å². The zero-order valence-corrected chi connectivity index (χ0v) is 11.4. The van der Waals surface area contributed by atoms with E-state index in [2.05, 4.69) is 4.72 Å². The van der Waals surface area contributed by atoms with Crippen molar-refractivity contribution < 1.29 is 12.8 Å². The molecule has 4 nitrogen and oxygen atoms in total. The predicted molar refractivity (Wildman–Crippen MR) is 69.2 cm³/mol. The summed E-state index contributed by atoms with van der Waals surface area (Å²) in [6, 6.07) is 3.73. The smallest absolute Gasteiger partial charge is 0.240 e. The topological polar surface area (TPSA) is 72.2 Å². The summed E-state index contributed by atoms with van der Waals surface area (Å²) in [5.41, 5.74) is 5.92. The van der Waals surface area contributed by atoms with Crippen LogP contribution in [0.15, 0.2) is 23.1 Å². The molecule has 102 valence electrons. The zero-order chi connectivity index (χ0) is 13.8. The van der Waals surface area contributed by atoms with Gasteiger partial charge in [0.05, 0.1) is 4.90 Å². The van der Waals surface area contributed by atoms with Crippen LogP contribution < -0.4 is 10.5 Å². The predicted octanol–water partition coefficient (Wildman–Crippen LogP) is 1.40. The number of hydrogen-bond acceptors (Lipinski definition) is 3. The normalized spacial score (nSPS) is 13.6. The summed E-state index contributed by atoms with van der Waals surface area (Å²) in [4.78, 5) is -0.0116. The van der Waals surface area contributed by atoms with Gasteiger partial charge >= 0.3 is 0 Å². The molecule has 1 aromatic rings. The van der Waals surface area contributed by atoms with E-state index in [0.29, 0.717) is 18.7 Å². The Morgan fingerprint density at radius 1 is 1.44 bits per heavy atom. The minimum absolute atomic E-state index is 0.0116. The lowest BCUT2D eigenvalue weighted by Crippen LogP contribution is -2.29. The summed E-state index contributed by atoms with van der Waals surface area (Å²) in [6.07, 6.45) is 0.741. The van der Waals surface area contributed by atoms with Crippen molar-refractivity contribution in [2.24, 2.45) is 11.7 Å². The summed E-state index contributed by atoms with van der Waals surface area (Å²) in [6.45, 7) is 4.36. The van der Waals surface area contributed by atoms with Crippen molar-refractivity contribution in [1.29, 1.82) is 0 Å². The van der Waals surface area contributed by atoms with Gasteiger partial charge in [-0.15, -0.1) is 0 Å². The monoisotopic (exact) mass is 274 g/mol. The average molecular weight is 274 g/mol. The average Bonchev–Trinajstić information content (AvgIpc) is 2.30. The van der Waals surface area contributed by atoms with Gasteiger partial charge in [-0.3, -0.25) is 0 Å². The number of hydrogen-bond donors (Lipinski definition) is 2. The molecule has 0 saturated heterocycles. The van der Waals surface area contributed by atoms with Crippen LogP contribution in [0.3, 0.4) is 0 Å². The number of aryl methyl sites for hydroxylation is 1. The van der Waals surface area contributed by atoms with Crippen molar-refractivity contribution in [2.45, 2.75) is 25.2 Å². The van der Waals surface area contributed by atoms with Gasteiger partial charge in [-0.2, -0.15) is 0 Å². The van der Waals surface area contributed by atoms with Crippen LogP contribution in [0.4, 0.5) is 4.39 Å². The molecular weight excluding hydrogens is 255 g/mol. The molecule has 1 aromatic carbocycles. The fraction of sp³-hybridized carbons (Fsp3) is 0.500. The molecule has 0 bridgehead atoms. The van der Waals surface area contributed by atoms with Crippen molar-refractivity contribution in [2.75, 3.05) is 13.1 Å². The molecule has 1 unspecified atom stereocenters. The van der Waals surface area contributed by atoms with E-state index in [-0.39, 0.29) is 10.8 Å². The molecular formula is C12H19FN2O2S. The summed E-state index contributed by atoms with van der Waals surface area (Å²) in [7, 11) is -3.66. The largest absolute Gasteiger partial charge is 0.330 e. The number of nitrogens with one attached hydrogen (secondary N) is 1. The third-order valence-electron chi connectivity index (χ3n) is 2.72. The molecule has 0 aliphatic carbocycles. The van der Waals surface area contributed by atoms with E-state index in [1.165, 1.54) is 12.1 Å². The van der Waals surface area contributed by atoms with E-state index in [1.807, 2.05) is 6.92 Å². The van der Waals surface area contributed by atoms with Gasteiger partial charge in [-0.1, -0.05) is 13.0 Å². The van der Waals surface area contributed by atoms with Gasteiger partial charge in [0.15, 0.2) is 0 Å². The van der Waals surface area contributed by atoms with Crippen LogP contribution >= 0.6 is 0 Å². The number of sulfonamides is 1. The Morgan fingerprint density at radius 3 is 2.72 bits per heavy atom. The molecule has 0 radical (unpaired) electrons. The Morgan fingerprint density at radius 2 is 2.11 bits per heavy atom. The van der Waals surface area contributed by atoms with Crippen molar-refractivity contribution in [3.8, 4) is 0 Å². The Balaban J connectivity index is 2.83. The number of halogens is 1. The van der Waals surface area contributed by atoms with Crippen molar-refractivity contribution >= 4 is 10.0 Å². The molecule has 0 fully saturated rings. The van der Waals surface area contributed by atoms with E-state index in [0.717, 1.165) is 12.5 Å². The molecule has 0 aliphatic rings. The van der Waals surface area contributed by atoms with Crippen LogP contribution in [-0.2, 0) is 10.0 Å². The SMILES string of the molecule is Cc1ccc(F)cc1S(=O)(=O)NCC(C)CCN. The first kappa shape index (κ1) is 15.1. The van der Waals surface area contributed by atoms with E-state index in [4.69, 9.17) is 5.73 Å². The zero-order valence-electron chi connectivity index (χ0n) is 10.6. The minimum atomic E-state index is -3.66. The quantitative estimate of drug-likeness (QED) is 0.823. The lowest BCUT2D eigenvalue weighted by atomic mass is 10.1. The molecule has 18 heavy (non-hydrogen) atoms. The summed E-state index contributed by atoms with van der Waals surface area (Å²) >= 11 is 0. The number of benzene rings is 1. The van der Waals surface area contributed by atoms with Crippen LogP contribution in [0, 0.1) is 18.7 Å². The molecule has 0 amide bonds. The maximum absolute atomic E-state index is 13.1. The van der Waals surface area contributed by atoms with Crippen LogP contribution in [0.5, 0.6) is 0 Å². The van der Waals surface area contributed by atoms with Crippen LogP contribution in [-0.4, -0.2) is 21.5 Å². The summed E-state index contributed by atoms with van der Waals surface area (Å²) in [5.74, 6) is -0.408. The first-order valence-corrected chi connectivity index (χ1v) is 7.31. The van der Waals surface area contributed by atoms with Gasteiger partial charge in [0.25, 0.3) is 0 Å². The molecule has 0 aliphatic heterocycles. The molecule has 0 saturated carbocycles. The van der Waals surface area contributed by atoms with Gasteiger partial charge in [0.2, 0.25) is 10.0 Å². The first-order valence-electron chi connectivity index (χ1n) is 5.82. The highest BCUT2D eigenvalue weighted by molar-refractivity contribution is 7.89. The molecule has 1 rings (SSSR count). The van der Waals surface area contributed by atoms with Crippen molar-refractivity contribution in [1.82, 2.24) is 4.72 Å². The van der Waals surface area contributed by atoms with E-state index in [1.54, 1.807) is 6.92 Å². The van der Waals surface area contributed by atoms with E-state index in [9.17, 15) is 12.8 Å². The lowest BCUT2D eigenvalue weighted by molar-refractivity contribution is 0.515. The van der Waals surface area contributed by atoms with E-state index < -0.39 is 15.8 Å². The number of nitrogens with two attached hydrogens (primary N) is 1. The summed E-state index contributed by atoms with van der Waals surface area (Å²) < 4.78 is 39.6. The van der Waals surface area contributed by atoms with Gasteiger partial charge < -0.3 is 5.73 Å². The Hall–Kier alpha value is -0.980.